The van der Waals surface area contributed by atoms with E-state index in [0.29, 0.717) is 24.4 Å². The number of aromatic nitrogens is 1. The number of benzene rings is 1. The van der Waals surface area contributed by atoms with Crippen molar-refractivity contribution in [1.29, 1.82) is 0 Å². The zero-order valence-electron chi connectivity index (χ0n) is 10.6. The Labute approximate surface area is 110 Å². The second-order valence-electron chi connectivity index (χ2n) is 4.40. The topological polar surface area (TPSA) is 74.4 Å². The molecule has 0 atom stereocenters. The van der Waals surface area contributed by atoms with Crippen LogP contribution in [-0.4, -0.2) is 24.2 Å². The Bertz CT molecular complexity index is 667. The van der Waals surface area contributed by atoms with Gasteiger partial charge in [-0.2, -0.15) is 0 Å². The molecule has 1 aromatic heterocycles. The lowest BCUT2D eigenvalue weighted by molar-refractivity contribution is 0.0521. The summed E-state index contributed by atoms with van der Waals surface area (Å²) in [4.78, 5) is 16.0. The van der Waals surface area contributed by atoms with Crippen molar-refractivity contribution in [3.63, 3.8) is 0 Å². The number of ether oxygens (including phenoxy) is 2. The third-order valence-electron chi connectivity index (χ3n) is 3.12. The van der Waals surface area contributed by atoms with Crippen molar-refractivity contribution in [2.45, 2.75) is 13.3 Å². The van der Waals surface area contributed by atoms with Gasteiger partial charge in [-0.1, -0.05) is 0 Å². The highest BCUT2D eigenvalue weighted by Crippen LogP contribution is 2.31. The van der Waals surface area contributed by atoms with Gasteiger partial charge < -0.3 is 15.2 Å². The molecule has 0 spiro atoms. The minimum Gasteiger partial charge on any atom is -0.493 e. The largest absolute Gasteiger partial charge is 0.493 e. The standard InChI is InChI=1S/C14H14N2O3/c1-2-18-14(17)13-10(15)6-9-5-8-3-4-19-12(8)7-11(9)16-13/h5-7H,2-4,15H2,1H3. The third kappa shape index (κ3) is 1.97. The second-order valence-corrected chi connectivity index (χ2v) is 4.40. The van der Waals surface area contributed by atoms with Crippen LogP contribution in [0, 0.1) is 0 Å². The molecule has 5 nitrogen and oxygen atoms in total. The smallest absolute Gasteiger partial charge is 0.359 e. The van der Waals surface area contributed by atoms with Crippen LogP contribution in [0.3, 0.4) is 0 Å². The highest BCUT2D eigenvalue weighted by molar-refractivity contribution is 5.97. The molecule has 1 aromatic carbocycles. The SMILES string of the molecule is CCOC(=O)c1nc2cc3c(cc2cc1N)CCO3. The molecule has 1 aliphatic rings. The van der Waals surface area contributed by atoms with E-state index in [1.807, 2.05) is 12.1 Å². The zero-order valence-corrected chi connectivity index (χ0v) is 10.6. The predicted octanol–water partition coefficient (Wildman–Crippen LogP) is 1.93. The first-order valence-electron chi connectivity index (χ1n) is 6.22. The summed E-state index contributed by atoms with van der Waals surface area (Å²) in [5.74, 6) is 0.336. The fourth-order valence-corrected chi connectivity index (χ4v) is 2.23. The number of carbonyl (C=O) groups is 1. The number of hydrogen-bond donors (Lipinski definition) is 1. The van der Waals surface area contributed by atoms with E-state index in [4.69, 9.17) is 15.2 Å². The molecule has 5 heteroatoms. The average molecular weight is 258 g/mol. The summed E-state index contributed by atoms with van der Waals surface area (Å²) >= 11 is 0. The average Bonchev–Trinajstić information content (AvgIpc) is 2.82. The number of rotatable bonds is 2. The van der Waals surface area contributed by atoms with Crippen molar-refractivity contribution in [1.82, 2.24) is 4.98 Å². The Morgan fingerprint density at radius 1 is 1.47 bits per heavy atom. The number of esters is 1. The summed E-state index contributed by atoms with van der Waals surface area (Å²) in [7, 11) is 0. The van der Waals surface area contributed by atoms with E-state index < -0.39 is 5.97 Å². The number of nitrogen functional groups attached to an aromatic ring is 1. The van der Waals surface area contributed by atoms with Crippen LogP contribution in [0.5, 0.6) is 5.75 Å². The molecule has 19 heavy (non-hydrogen) atoms. The van der Waals surface area contributed by atoms with Crippen LogP contribution >= 0.6 is 0 Å². The van der Waals surface area contributed by atoms with Gasteiger partial charge in [-0.15, -0.1) is 0 Å². The van der Waals surface area contributed by atoms with Gasteiger partial charge >= 0.3 is 5.97 Å². The van der Waals surface area contributed by atoms with Gasteiger partial charge in [-0.05, 0) is 24.6 Å². The van der Waals surface area contributed by atoms with Crippen LogP contribution < -0.4 is 10.5 Å². The zero-order chi connectivity index (χ0) is 13.4. The Hall–Kier alpha value is -2.30. The fraction of sp³-hybridized carbons (Fsp3) is 0.286. The van der Waals surface area contributed by atoms with Crippen molar-refractivity contribution < 1.29 is 14.3 Å². The van der Waals surface area contributed by atoms with Gasteiger partial charge in [0.1, 0.15) is 5.75 Å². The summed E-state index contributed by atoms with van der Waals surface area (Å²) < 4.78 is 10.4. The number of nitrogens with zero attached hydrogens (tertiary/aromatic N) is 1. The number of carbonyl (C=O) groups excluding carboxylic acids is 1. The van der Waals surface area contributed by atoms with Crippen LogP contribution in [-0.2, 0) is 11.2 Å². The number of pyridine rings is 1. The summed E-state index contributed by atoms with van der Waals surface area (Å²) in [5.41, 5.74) is 8.21. The molecule has 0 amide bonds. The van der Waals surface area contributed by atoms with Crippen molar-refractivity contribution in [3.05, 3.63) is 29.5 Å². The van der Waals surface area contributed by atoms with Crippen LogP contribution in [0.4, 0.5) is 5.69 Å². The highest BCUT2D eigenvalue weighted by Gasteiger charge is 2.17. The Kier molecular flexibility index (Phi) is 2.74. The molecule has 0 aliphatic carbocycles. The molecule has 2 N–H and O–H groups in total. The first-order valence-corrected chi connectivity index (χ1v) is 6.22. The number of hydrogen-bond acceptors (Lipinski definition) is 5. The number of anilines is 1. The normalized spacial score (nSPS) is 13.1. The van der Waals surface area contributed by atoms with E-state index >= 15 is 0 Å². The van der Waals surface area contributed by atoms with E-state index in [9.17, 15) is 4.79 Å². The van der Waals surface area contributed by atoms with E-state index in [-0.39, 0.29) is 5.69 Å². The molecular formula is C14H14N2O3. The molecule has 2 heterocycles. The second kappa shape index (κ2) is 4.42. The van der Waals surface area contributed by atoms with Gasteiger partial charge in [0.15, 0.2) is 5.69 Å². The van der Waals surface area contributed by atoms with E-state index in [0.717, 1.165) is 23.1 Å². The summed E-state index contributed by atoms with van der Waals surface area (Å²) in [6.45, 7) is 2.73. The monoisotopic (exact) mass is 258 g/mol. The number of nitrogens with two attached hydrogens (primary N) is 1. The Morgan fingerprint density at radius 3 is 3.11 bits per heavy atom. The third-order valence-corrected chi connectivity index (χ3v) is 3.12. The van der Waals surface area contributed by atoms with E-state index in [1.54, 1.807) is 13.0 Å². The summed E-state index contributed by atoms with van der Waals surface area (Å²) in [6.07, 6.45) is 0.894. The van der Waals surface area contributed by atoms with Gasteiger partial charge in [0.05, 0.1) is 24.4 Å². The van der Waals surface area contributed by atoms with E-state index in [1.165, 1.54) is 0 Å². The lowest BCUT2D eigenvalue weighted by Gasteiger charge is -2.08. The maximum atomic E-state index is 11.7. The molecule has 1 aliphatic heterocycles. The molecule has 98 valence electrons. The van der Waals surface area contributed by atoms with Crippen molar-refractivity contribution in [3.8, 4) is 5.75 Å². The van der Waals surface area contributed by atoms with Crippen LogP contribution in [0.2, 0.25) is 0 Å². The van der Waals surface area contributed by atoms with Crippen molar-refractivity contribution in [2.75, 3.05) is 18.9 Å². The molecule has 0 fully saturated rings. The quantitative estimate of drug-likeness (QED) is 0.833. The van der Waals surface area contributed by atoms with Gasteiger partial charge in [-0.3, -0.25) is 0 Å². The molecule has 3 rings (SSSR count). The van der Waals surface area contributed by atoms with Gasteiger partial charge in [0, 0.05) is 17.9 Å². The number of fused-ring (bicyclic) bond motifs is 2. The van der Waals surface area contributed by atoms with Gasteiger partial charge in [-0.25, -0.2) is 9.78 Å². The van der Waals surface area contributed by atoms with Gasteiger partial charge in [0.25, 0.3) is 0 Å². The minimum atomic E-state index is -0.497. The summed E-state index contributed by atoms with van der Waals surface area (Å²) in [6, 6.07) is 5.61. The van der Waals surface area contributed by atoms with Crippen LogP contribution in [0.15, 0.2) is 18.2 Å². The first-order chi connectivity index (χ1) is 9.19. The maximum absolute atomic E-state index is 11.7. The van der Waals surface area contributed by atoms with Gasteiger partial charge in [0.2, 0.25) is 0 Å². The molecule has 2 aromatic rings. The van der Waals surface area contributed by atoms with Crippen LogP contribution in [0.25, 0.3) is 10.9 Å². The molecule has 0 bridgehead atoms. The lowest BCUT2D eigenvalue weighted by atomic mass is 10.1. The summed E-state index contributed by atoms with van der Waals surface area (Å²) in [5, 5.41) is 0.912. The highest BCUT2D eigenvalue weighted by atomic mass is 16.5. The van der Waals surface area contributed by atoms with E-state index in [2.05, 4.69) is 4.98 Å². The lowest BCUT2D eigenvalue weighted by Crippen LogP contribution is -2.10. The molecule has 0 saturated heterocycles. The Morgan fingerprint density at radius 2 is 2.32 bits per heavy atom. The van der Waals surface area contributed by atoms with Crippen molar-refractivity contribution >= 4 is 22.6 Å². The predicted molar refractivity (Wildman–Crippen MR) is 71.3 cm³/mol. The Balaban J connectivity index is 2.14. The maximum Gasteiger partial charge on any atom is 0.359 e. The fourth-order valence-electron chi connectivity index (χ4n) is 2.23. The first kappa shape index (κ1) is 11.8. The van der Waals surface area contributed by atoms with Crippen molar-refractivity contribution in [2.24, 2.45) is 0 Å². The molecule has 0 unspecified atom stereocenters. The van der Waals surface area contributed by atoms with Crippen LogP contribution in [0.1, 0.15) is 23.0 Å². The molecular weight excluding hydrogens is 244 g/mol. The minimum absolute atomic E-state index is 0.160. The molecule has 0 radical (unpaired) electrons. The molecule has 0 saturated carbocycles.